The molecule has 0 atom stereocenters. The molecule has 0 aliphatic rings. The monoisotopic (exact) mass is 427 g/mol. The van der Waals surface area contributed by atoms with Gasteiger partial charge in [0.1, 0.15) is 5.69 Å². The van der Waals surface area contributed by atoms with E-state index in [4.69, 9.17) is 0 Å². The van der Waals surface area contributed by atoms with E-state index in [9.17, 15) is 4.79 Å². The number of nitrogens with zero attached hydrogens (tertiary/aromatic N) is 2. The van der Waals surface area contributed by atoms with Gasteiger partial charge in [0.05, 0.1) is 0 Å². The van der Waals surface area contributed by atoms with Gasteiger partial charge in [-0.1, -0.05) is 78.9 Å². The molecule has 1 heterocycles. The predicted octanol–water partition coefficient (Wildman–Crippen LogP) is 6.08. The van der Waals surface area contributed by atoms with Crippen molar-refractivity contribution in [2.75, 3.05) is 11.9 Å². The van der Waals surface area contributed by atoms with Crippen molar-refractivity contribution < 1.29 is 4.79 Å². The van der Waals surface area contributed by atoms with E-state index in [1.54, 1.807) is 0 Å². The molecule has 0 saturated heterocycles. The fourth-order valence-electron chi connectivity index (χ4n) is 3.38. The van der Waals surface area contributed by atoms with E-state index in [1.807, 2.05) is 77.9 Å². The van der Waals surface area contributed by atoms with Crippen LogP contribution in [0.3, 0.4) is 0 Å². The van der Waals surface area contributed by atoms with Crippen molar-refractivity contribution in [1.82, 2.24) is 9.88 Å². The zero-order valence-electron chi connectivity index (χ0n) is 17.5. The molecule has 1 amide bonds. The Kier molecular flexibility index (Phi) is 6.75. The fourth-order valence-corrected chi connectivity index (χ4v) is 4.08. The molecule has 0 unspecified atom stereocenters. The average molecular weight is 428 g/mol. The van der Waals surface area contributed by atoms with Crippen molar-refractivity contribution in [2.45, 2.75) is 19.9 Å². The molecule has 5 heteroatoms. The number of carbonyl (C=O) groups excluding carboxylic acids is 1. The largest absolute Gasteiger partial charge is 0.333 e. The number of rotatable bonds is 8. The second-order valence-corrected chi connectivity index (χ2v) is 8.28. The number of nitrogens with one attached hydrogen (secondary N) is 1. The Morgan fingerprint density at radius 2 is 1.55 bits per heavy atom. The Morgan fingerprint density at radius 3 is 2.26 bits per heavy atom. The Morgan fingerprint density at radius 1 is 0.903 bits per heavy atom. The molecule has 0 saturated carbocycles. The van der Waals surface area contributed by atoms with Crippen LogP contribution in [0.25, 0.3) is 0 Å². The first kappa shape index (κ1) is 20.8. The molecule has 0 bridgehead atoms. The van der Waals surface area contributed by atoms with Crippen LogP contribution in [0.15, 0.2) is 90.3 Å². The van der Waals surface area contributed by atoms with E-state index in [0.29, 0.717) is 18.8 Å². The van der Waals surface area contributed by atoms with Gasteiger partial charge in [-0.2, -0.15) is 0 Å². The van der Waals surface area contributed by atoms with Crippen LogP contribution in [0, 0.1) is 6.92 Å². The molecule has 0 aliphatic heterocycles. The molecule has 1 aromatic heterocycles. The number of benzene rings is 3. The Hall–Kier alpha value is -3.44. The van der Waals surface area contributed by atoms with Gasteiger partial charge in [0, 0.05) is 24.2 Å². The quantitative estimate of drug-likeness (QED) is 0.371. The van der Waals surface area contributed by atoms with Gasteiger partial charge in [-0.15, -0.1) is 11.3 Å². The van der Waals surface area contributed by atoms with E-state index >= 15 is 0 Å². The van der Waals surface area contributed by atoms with Crippen molar-refractivity contribution in [2.24, 2.45) is 0 Å². The Labute approximate surface area is 187 Å². The molecule has 31 heavy (non-hydrogen) atoms. The van der Waals surface area contributed by atoms with Gasteiger partial charge in [0.15, 0.2) is 5.13 Å². The van der Waals surface area contributed by atoms with Crippen LogP contribution in [0.4, 0.5) is 10.8 Å². The topological polar surface area (TPSA) is 45.2 Å². The molecular formula is C26H25N3OS. The highest BCUT2D eigenvalue weighted by Crippen LogP contribution is 2.24. The Balaban J connectivity index is 1.50. The van der Waals surface area contributed by atoms with Gasteiger partial charge in [0.25, 0.3) is 5.91 Å². The maximum atomic E-state index is 13.3. The molecular weight excluding hydrogens is 402 g/mol. The van der Waals surface area contributed by atoms with Crippen molar-refractivity contribution in [1.29, 1.82) is 0 Å². The summed E-state index contributed by atoms with van der Waals surface area (Å²) in [5.74, 6) is -0.0473. The van der Waals surface area contributed by atoms with Crippen molar-refractivity contribution in [3.8, 4) is 0 Å². The minimum Gasteiger partial charge on any atom is -0.333 e. The van der Waals surface area contributed by atoms with E-state index in [-0.39, 0.29) is 5.91 Å². The number of amides is 1. The van der Waals surface area contributed by atoms with E-state index < -0.39 is 0 Å². The number of aryl methyl sites for hydroxylation is 1. The first-order chi connectivity index (χ1) is 15.2. The van der Waals surface area contributed by atoms with Crippen LogP contribution < -0.4 is 5.32 Å². The summed E-state index contributed by atoms with van der Waals surface area (Å²) in [7, 11) is 0. The number of hydrogen-bond acceptors (Lipinski definition) is 4. The maximum Gasteiger partial charge on any atom is 0.273 e. The highest BCUT2D eigenvalue weighted by atomic mass is 32.1. The molecule has 156 valence electrons. The average Bonchev–Trinajstić information content (AvgIpc) is 3.28. The minimum atomic E-state index is -0.0473. The highest BCUT2D eigenvalue weighted by molar-refractivity contribution is 7.14. The molecule has 0 spiro atoms. The zero-order valence-corrected chi connectivity index (χ0v) is 18.3. The maximum absolute atomic E-state index is 13.3. The lowest BCUT2D eigenvalue weighted by Gasteiger charge is -2.22. The number of hydrogen-bond donors (Lipinski definition) is 1. The molecule has 1 N–H and O–H groups in total. The summed E-state index contributed by atoms with van der Waals surface area (Å²) in [4.78, 5) is 19.8. The number of carbonyl (C=O) groups is 1. The molecule has 0 aliphatic carbocycles. The van der Waals surface area contributed by atoms with E-state index in [0.717, 1.165) is 28.4 Å². The van der Waals surface area contributed by atoms with Crippen molar-refractivity contribution >= 4 is 28.1 Å². The number of anilines is 2. The van der Waals surface area contributed by atoms with Crippen LogP contribution >= 0.6 is 11.3 Å². The third-order valence-corrected chi connectivity index (χ3v) is 5.88. The summed E-state index contributed by atoms with van der Waals surface area (Å²) in [5, 5.41) is 5.89. The first-order valence-electron chi connectivity index (χ1n) is 10.3. The summed E-state index contributed by atoms with van der Waals surface area (Å²) in [6, 6.07) is 28.4. The van der Waals surface area contributed by atoms with Crippen LogP contribution in [-0.2, 0) is 13.0 Å². The van der Waals surface area contributed by atoms with Gasteiger partial charge in [-0.25, -0.2) is 4.98 Å². The van der Waals surface area contributed by atoms with Gasteiger partial charge >= 0.3 is 0 Å². The molecule has 4 rings (SSSR count). The SMILES string of the molecule is Cc1ccccc1Nc1nc(C(=O)N(CCc2ccccc2)Cc2ccccc2)cs1. The lowest BCUT2D eigenvalue weighted by Crippen LogP contribution is -2.32. The van der Waals surface area contributed by atoms with Crippen molar-refractivity contribution in [3.05, 3.63) is 113 Å². The van der Waals surface area contributed by atoms with Crippen molar-refractivity contribution in [3.63, 3.8) is 0 Å². The van der Waals surface area contributed by atoms with Crippen LogP contribution in [0.5, 0.6) is 0 Å². The second-order valence-electron chi connectivity index (χ2n) is 7.43. The molecule has 4 nitrogen and oxygen atoms in total. The summed E-state index contributed by atoms with van der Waals surface area (Å²) in [5.41, 5.74) is 4.94. The standard InChI is InChI=1S/C26H25N3OS/c1-20-10-8-9-15-23(20)27-26-28-24(19-31-26)25(30)29(18-22-13-6-3-7-14-22)17-16-21-11-4-2-5-12-21/h2-15,19H,16-18H2,1H3,(H,27,28). The van der Waals surface area contributed by atoms with Crippen LogP contribution in [0.1, 0.15) is 27.2 Å². The van der Waals surface area contributed by atoms with Gasteiger partial charge in [0.2, 0.25) is 0 Å². The second kappa shape index (κ2) is 10.0. The summed E-state index contributed by atoms with van der Waals surface area (Å²) in [6.45, 7) is 3.24. The highest BCUT2D eigenvalue weighted by Gasteiger charge is 2.19. The van der Waals surface area contributed by atoms with Crippen LogP contribution in [-0.4, -0.2) is 22.3 Å². The van der Waals surface area contributed by atoms with Gasteiger partial charge < -0.3 is 10.2 Å². The molecule has 4 aromatic rings. The Bertz CT molecular complexity index is 1130. The molecule has 3 aromatic carbocycles. The van der Waals surface area contributed by atoms with E-state index in [2.05, 4.69) is 34.6 Å². The van der Waals surface area contributed by atoms with E-state index in [1.165, 1.54) is 16.9 Å². The molecule has 0 fully saturated rings. The number of thiazole rings is 1. The number of para-hydroxylation sites is 1. The molecule has 0 radical (unpaired) electrons. The fraction of sp³-hybridized carbons (Fsp3) is 0.154. The summed E-state index contributed by atoms with van der Waals surface area (Å²) < 4.78 is 0. The third-order valence-electron chi connectivity index (χ3n) is 5.13. The third kappa shape index (κ3) is 5.58. The zero-order chi connectivity index (χ0) is 21.5. The lowest BCUT2D eigenvalue weighted by atomic mass is 10.1. The smallest absolute Gasteiger partial charge is 0.273 e. The first-order valence-corrected chi connectivity index (χ1v) is 11.2. The lowest BCUT2D eigenvalue weighted by molar-refractivity contribution is 0.0740. The number of aromatic nitrogens is 1. The minimum absolute atomic E-state index is 0.0473. The predicted molar refractivity (Wildman–Crippen MR) is 128 cm³/mol. The van der Waals surface area contributed by atoms with Gasteiger partial charge in [-0.3, -0.25) is 4.79 Å². The van der Waals surface area contributed by atoms with Crippen LogP contribution in [0.2, 0.25) is 0 Å². The van der Waals surface area contributed by atoms with Gasteiger partial charge in [-0.05, 0) is 36.1 Å². The summed E-state index contributed by atoms with van der Waals surface area (Å²) in [6.07, 6.45) is 0.803. The normalized spacial score (nSPS) is 10.6. The summed E-state index contributed by atoms with van der Waals surface area (Å²) >= 11 is 1.45.